The highest BCUT2D eigenvalue weighted by atomic mass is 16.5. The number of aromatic nitrogens is 5. The maximum atomic E-state index is 13.3. The first-order valence-corrected chi connectivity index (χ1v) is 13.6. The van der Waals surface area contributed by atoms with Gasteiger partial charge in [-0.05, 0) is 67.6 Å². The van der Waals surface area contributed by atoms with E-state index in [0.29, 0.717) is 34.1 Å². The van der Waals surface area contributed by atoms with Crippen LogP contribution in [0.5, 0.6) is 11.6 Å². The zero-order valence-electron chi connectivity index (χ0n) is 23.4. The van der Waals surface area contributed by atoms with Gasteiger partial charge in [-0.1, -0.05) is 12.1 Å². The average Bonchev–Trinajstić information content (AvgIpc) is 3.35. The van der Waals surface area contributed by atoms with Crippen molar-refractivity contribution in [3.63, 3.8) is 0 Å². The van der Waals surface area contributed by atoms with Crippen LogP contribution < -0.4 is 10.1 Å². The number of anilines is 1. The molecule has 1 aliphatic rings. The monoisotopic (exact) mass is 548 g/mol. The van der Waals surface area contributed by atoms with E-state index in [-0.39, 0.29) is 5.91 Å². The average molecular weight is 549 g/mol. The van der Waals surface area contributed by atoms with Crippen molar-refractivity contribution in [1.82, 2.24) is 34.5 Å². The zero-order chi connectivity index (χ0) is 28.3. The molecule has 0 bridgehead atoms. The number of carbonyl (C=O) groups excluding carboxylic acids is 1. The number of hydrogen-bond acceptors (Lipinski definition) is 8. The molecule has 0 spiro atoms. The highest BCUT2D eigenvalue weighted by Gasteiger charge is 2.17. The van der Waals surface area contributed by atoms with Gasteiger partial charge in [-0.25, -0.2) is 4.98 Å². The third-order valence-electron chi connectivity index (χ3n) is 7.18. The molecule has 0 atom stereocenters. The van der Waals surface area contributed by atoms with Gasteiger partial charge in [0.05, 0.1) is 6.20 Å². The predicted molar refractivity (Wildman–Crippen MR) is 158 cm³/mol. The molecule has 1 aliphatic heterocycles. The SMILES string of the molecule is Cc1cc(CN2CCN(C)CC2)cc(NC(=O)c2cccc(Oc3nc(-c4cccnc4)nc4c3cnn4C)c2)c1. The Hall–Kier alpha value is -4.67. The molecule has 0 radical (unpaired) electrons. The number of aryl methyl sites for hydroxylation is 2. The van der Waals surface area contributed by atoms with Crippen LogP contribution in [0.15, 0.2) is 73.2 Å². The third-order valence-corrected chi connectivity index (χ3v) is 7.18. The van der Waals surface area contributed by atoms with Crippen molar-refractivity contribution < 1.29 is 9.53 Å². The third kappa shape index (κ3) is 6.08. The zero-order valence-corrected chi connectivity index (χ0v) is 23.4. The minimum Gasteiger partial charge on any atom is -0.438 e. The summed E-state index contributed by atoms with van der Waals surface area (Å²) < 4.78 is 7.90. The Morgan fingerprint density at radius 1 is 0.976 bits per heavy atom. The molecule has 6 rings (SSSR count). The normalized spacial score (nSPS) is 14.3. The Labute approximate surface area is 238 Å². The maximum Gasteiger partial charge on any atom is 0.255 e. The maximum absolute atomic E-state index is 13.3. The molecule has 1 saturated heterocycles. The van der Waals surface area contributed by atoms with Crippen LogP contribution in [0.1, 0.15) is 21.5 Å². The lowest BCUT2D eigenvalue weighted by Crippen LogP contribution is -2.43. The van der Waals surface area contributed by atoms with E-state index in [4.69, 9.17) is 4.74 Å². The molecule has 1 N–H and O–H groups in total. The Morgan fingerprint density at radius 2 is 1.83 bits per heavy atom. The quantitative estimate of drug-likeness (QED) is 0.317. The van der Waals surface area contributed by atoms with E-state index in [0.717, 1.165) is 49.5 Å². The topological polar surface area (TPSA) is 101 Å². The summed E-state index contributed by atoms with van der Waals surface area (Å²) in [5.74, 6) is 1.10. The number of piperazine rings is 1. The van der Waals surface area contributed by atoms with E-state index in [1.54, 1.807) is 47.5 Å². The summed E-state index contributed by atoms with van der Waals surface area (Å²) in [6.45, 7) is 7.14. The summed E-state index contributed by atoms with van der Waals surface area (Å²) in [6, 6.07) is 17.0. The summed E-state index contributed by atoms with van der Waals surface area (Å²) in [4.78, 5) is 31.6. The number of ether oxygens (including phenoxy) is 1. The Balaban J connectivity index is 1.21. The minimum absolute atomic E-state index is 0.211. The second-order valence-corrected chi connectivity index (χ2v) is 10.5. The number of amides is 1. The minimum atomic E-state index is -0.211. The van der Waals surface area contributed by atoms with E-state index < -0.39 is 0 Å². The summed E-state index contributed by atoms with van der Waals surface area (Å²) in [5, 5.41) is 8.07. The molecular weight excluding hydrogens is 516 g/mol. The number of likely N-dealkylation sites (N-methyl/N-ethyl adjacent to an activating group) is 1. The molecule has 5 aromatic rings. The number of benzene rings is 2. The lowest BCUT2D eigenvalue weighted by atomic mass is 10.1. The number of rotatable bonds is 7. The van der Waals surface area contributed by atoms with Gasteiger partial charge in [0, 0.05) is 69.0 Å². The van der Waals surface area contributed by atoms with Crippen LogP contribution in [0, 0.1) is 6.92 Å². The highest BCUT2D eigenvalue weighted by molar-refractivity contribution is 6.04. The highest BCUT2D eigenvalue weighted by Crippen LogP contribution is 2.30. The van der Waals surface area contributed by atoms with Crippen LogP contribution in [-0.4, -0.2) is 73.7 Å². The molecule has 208 valence electrons. The van der Waals surface area contributed by atoms with E-state index in [9.17, 15) is 4.79 Å². The number of hydrogen-bond donors (Lipinski definition) is 1. The van der Waals surface area contributed by atoms with Crippen LogP contribution >= 0.6 is 0 Å². The molecule has 41 heavy (non-hydrogen) atoms. The number of nitrogens with zero attached hydrogens (tertiary/aromatic N) is 7. The number of pyridine rings is 1. The summed E-state index contributed by atoms with van der Waals surface area (Å²) >= 11 is 0. The van der Waals surface area contributed by atoms with E-state index in [1.807, 2.05) is 25.2 Å². The Bertz CT molecular complexity index is 1690. The summed E-state index contributed by atoms with van der Waals surface area (Å²) in [6.07, 6.45) is 5.07. The van der Waals surface area contributed by atoms with Crippen molar-refractivity contribution in [2.24, 2.45) is 7.05 Å². The molecule has 1 amide bonds. The Morgan fingerprint density at radius 3 is 2.63 bits per heavy atom. The molecule has 3 aromatic heterocycles. The molecule has 2 aromatic carbocycles. The first kappa shape index (κ1) is 26.5. The largest absolute Gasteiger partial charge is 0.438 e. The second-order valence-electron chi connectivity index (χ2n) is 10.5. The van der Waals surface area contributed by atoms with Crippen molar-refractivity contribution >= 4 is 22.6 Å². The molecule has 4 heterocycles. The van der Waals surface area contributed by atoms with Gasteiger partial charge in [-0.15, -0.1) is 0 Å². The molecule has 10 nitrogen and oxygen atoms in total. The van der Waals surface area contributed by atoms with Gasteiger partial charge in [-0.3, -0.25) is 19.4 Å². The lowest BCUT2D eigenvalue weighted by molar-refractivity contribution is 0.102. The van der Waals surface area contributed by atoms with E-state index in [1.165, 1.54) is 5.56 Å². The van der Waals surface area contributed by atoms with E-state index in [2.05, 4.69) is 61.3 Å². The molecule has 1 fully saturated rings. The Kier molecular flexibility index (Phi) is 7.41. The second kappa shape index (κ2) is 11.4. The molecule has 0 unspecified atom stereocenters. The van der Waals surface area contributed by atoms with Crippen LogP contribution in [0.3, 0.4) is 0 Å². The van der Waals surface area contributed by atoms with Gasteiger partial charge >= 0.3 is 0 Å². The first-order chi connectivity index (χ1) is 19.9. The molecule has 0 saturated carbocycles. The van der Waals surface area contributed by atoms with Crippen molar-refractivity contribution in [2.45, 2.75) is 13.5 Å². The van der Waals surface area contributed by atoms with Crippen molar-refractivity contribution in [3.8, 4) is 23.0 Å². The standard InChI is InChI=1S/C31H32N8O2/c1-21-14-22(20-39-12-10-37(2)11-13-39)16-25(15-21)34-30(40)23-6-4-8-26(17-23)41-31-27-19-33-38(3)29(27)35-28(36-31)24-7-5-9-32-18-24/h4-9,14-19H,10-13,20H2,1-3H3,(H,34,40). The molecular formula is C31H32N8O2. The fraction of sp³-hybridized carbons (Fsp3) is 0.258. The van der Waals surface area contributed by atoms with Gasteiger partial charge in [0.2, 0.25) is 5.88 Å². The summed E-state index contributed by atoms with van der Waals surface area (Å²) in [7, 11) is 3.98. The van der Waals surface area contributed by atoms with Crippen LogP contribution in [0.2, 0.25) is 0 Å². The molecule has 10 heteroatoms. The fourth-order valence-corrected chi connectivity index (χ4v) is 5.00. The fourth-order valence-electron chi connectivity index (χ4n) is 5.00. The van der Waals surface area contributed by atoms with Gasteiger partial charge in [0.25, 0.3) is 5.91 Å². The van der Waals surface area contributed by atoms with Gasteiger partial charge in [0.15, 0.2) is 11.5 Å². The van der Waals surface area contributed by atoms with E-state index >= 15 is 0 Å². The number of nitrogens with one attached hydrogen (secondary N) is 1. The van der Waals surface area contributed by atoms with Crippen molar-refractivity contribution in [2.75, 3.05) is 38.5 Å². The smallest absolute Gasteiger partial charge is 0.255 e. The number of fused-ring (bicyclic) bond motifs is 1. The van der Waals surface area contributed by atoms with Crippen LogP contribution in [-0.2, 0) is 13.6 Å². The van der Waals surface area contributed by atoms with Crippen LogP contribution in [0.25, 0.3) is 22.4 Å². The van der Waals surface area contributed by atoms with Gasteiger partial charge in [0.1, 0.15) is 11.1 Å². The predicted octanol–water partition coefficient (Wildman–Crippen LogP) is 4.53. The first-order valence-electron chi connectivity index (χ1n) is 13.6. The van der Waals surface area contributed by atoms with Crippen molar-refractivity contribution in [3.05, 3.63) is 89.9 Å². The van der Waals surface area contributed by atoms with Gasteiger partial charge < -0.3 is 15.0 Å². The molecule has 0 aliphatic carbocycles. The summed E-state index contributed by atoms with van der Waals surface area (Å²) in [5.41, 5.74) is 4.95. The van der Waals surface area contributed by atoms with Crippen molar-refractivity contribution in [1.29, 1.82) is 0 Å². The van der Waals surface area contributed by atoms with Gasteiger partial charge in [-0.2, -0.15) is 10.1 Å². The van der Waals surface area contributed by atoms with Crippen LogP contribution in [0.4, 0.5) is 5.69 Å². The lowest BCUT2D eigenvalue weighted by Gasteiger charge is -2.32. The number of carbonyl (C=O) groups is 1.